The Morgan fingerprint density at radius 2 is 1.88 bits per heavy atom. The minimum atomic E-state index is -4.57. The quantitative estimate of drug-likeness (QED) is 0.432. The van der Waals surface area contributed by atoms with Crippen LogP contribution in [-0.4, -0.2) is 29.3 Å². The van der Waals surface area contributed by atoms with Crippen LogP contribution < -0.4 is 10.2 Å². The van der Waals surface area contributed by atoms with Crippen molar-refractivity contribution in [2.75, 3.05) is 17.3 Å². The highest BCUT2D eigenvalue weighted by atomic mass is 79.9. The second-order valence-corrected chi connectivity index (χ2v) is 9.09. The largest absolute Gasteiger partial charge is 0.416 e. The number of pyridine rings is 1. The summed E-state index contributed by atoms with van der Waals surface area (Å²) in [4.78, 5) is 18.8. The molecule has 0 fully saturated rings. The lowest BCUT2D eigenvalue weighted by Gasteiger charge is -2.33. The molecule has 1 atom stereocenters. The number of nitrogens with one attached hydrogen (secondary N) is 1. The lowest BCUT2D eigenvalue weighted by molar-refractivity contribution is -0.137. The third-order valence-electron chi connectivity index (χ3n) is 5.68. The number of carbonyl (C=O) groups is 1. The van der Waals surface area contributed by atoms with E-state index < -0.39 is 23.9 Å². The van der Waals surface area contributed by atoms with Crippen molar-refractivity contribution in [3.63, 3.8) is 0 Å². The van der Waals surface area contributed by atoms with E-state index in [0.717, 1.165) is 34.6 Å². The highest BCUT2D eigenvalue weighted by Crippen LogP contribution is 2.37. The van der Waals surface area contributed by atoms with E-state index in [1.165, 1.54) is 6.07 Å². The summed E-state index contributed by atoms with van der Waals surface area (Å²) in [5.74, 6) is -0.679. The second kappa shape index (κ2) is 8.88. The normalized spacial score (nSPS) is 15.6. The number of aliphatic hydroxyl groups excluding tert-OH is 1. The summed E-state index contributed by atoms with van der Waals surface area (Å²) in [6, 6.07) is 10.1. The number of fused-ring (bicyclic) bond motifs is 1. The van der Waals surface area contributed by atoms with E-state index >= 15 is 0 Å². The van der Waals surface area contributed by atoms with E-state index in [2.05, 4.69) is 26.2 Å². The van der Waals surface area contributed by atoms with E-state index in [1.807, 2.05) is 26.0 Å². The number of rotatable bonds is 3. The van der Waals surface area contributed by atoms with Crippen molar-refractivity contribution in [2.24, 2.45) is 0 Å². The number of aromatic nitrogens is 1. The molecular formula is C25H21BrF3N3O2. The standard InChI is InChI=1S/C25H21BrF3N3O2/c1-13-4-5-19(31-23(33)15-7-17(25(27,28)29)10-18(26)8-15)11-20(13)21-9-16-12-30-14(2)6-22(16)32(3)24(21)34/h4-12,24,34H,1-3H3,(H,31,33). The van der Waals surface area contributed by atoms with Crippen LogP contribution in [0, 0.1) is 13.8 Å². The second-order valence-electron chi connectivity index (χ2n) is 8.18. The van der Waals surface area contributed by atoms with Crippen LogP contribution in [0.15, 0.2) is 53.1 Å². The minimum absolute atomic E-state index is 0.129. The number of aryl methyl sites for hydroxylation is 2. The van der Waals surface area contributed by atoms with Crippen LogP contribution in [0.4, 0.5) is 24.5 Å². The molecule has 1 aromatic heterocycles. The first-order valence-corrected chi connectivity index (χ1v) is 11.1. The molecule has 0 spiro atoms. The molecule has 2 N–H and O–H groups in total. The summed E-state index contributed by atoms with van der Waals surface area (Å²) in [5, 5.41) is 13.6. The molecule has 1 unspecified atom stereocenters. The van der Waals surface area contributed by atoms with Gasteiger partial charge < -0.3 is 15.3 Å². The van der Waals surface area contributed by atoms with Crippen molar-refractivity contribution in [1.29, 1.82) is 0 Å². The van der Waals surface area contributed by atoms with Gasteiger partial charge in [-0.3, -0.25) is 9.78 Å². The molecule has 34 heavy (non-hydrogen) atoms. The molecule has 2 heterocycles. The number of likely N-dealkylation sites (N-methyl/N-ethyl adjacent to an activating group) is 1. The average molecular weight is 532 g/mol. The van der Waals surface area contributed by atoms with Crippen molar-refractivity contribution in [2.45, 2.75) is 26.3 Å². The van der Waals surface area contributed by atoms with Crippen LogP contribution in [0.5, 0.6) is 0 Å². The van der Waals surface area contributed by atoms with Gasteiger partial charge in [0, 0.05) is 51.5 Å². The molecule has 2 aromatic carbocycles. The fourth-order valence-corrected chi connectivity index (χ4v) is 4.36. The molecule has 4 rings (SSSR count). The number of carbonyl (C=O) groups excluding carboxylic acids is 1. The molecular weight excluding hydrogens is 511 g/mol. The van der Waals surface area contributed by atoms with E-state index in [9.17, 15) is 23.1 Å². The van der Waals surface area contributed by atoms with E-state index in [4.69, 9.17) is 0 Å². The van der Waals surface area contributed by atoms with Crippen molar-refractivity contribution in [1.82, 2.24) is 4.98 Å². The van der Waals surface area contributed by atoms with Crippen molar-refractivity contribution in [3.8, 4) is 0 Å². The summed E-state index contributed by atoms with van der Waals surface area (Å²) in [6.45, 7) is 3.75. The average Bonchev–Trinajstić information content (AvgIpc) is 2.77. The third-order valence-corrected chi connectivity index (χ3v) is 6.14. The number of nitrogens with zero attached hydrogens (tertiary/aromatic N) is 2. The number of halogens is 4. The van der Waals surface area contributed by atoms with Gasteiger partial charge in [0.15, 0.2) is 6.23 Å². The van der Waals surface area contributed by atoms with E-state index in [1.54, 1.807) is 36.3 Å². The summed E-state index contributed by atoms with van der Waals surface area (Å²) in [5.41, 5.74) is 4.05. The van der Waals surface area contributed by atoms with Gasteiger partial charge in [0.2, 0.25) is 0 Å². The lowest BCUT2D eigenvalue weighted by atomic mass is 9.93. The van der Waals surface area contributed by atoms with Gasteiger partial charge >= 0.3 is 6.18 Å². The highest BCUT2D eigenvalue weighted by molar-refractivity contribution is 9.10. The Balaban J connectivity index is 1.68. The maximum absolute atomic E-state index is 13.1. The molecule has 0 saturated heterocycles. The molecule has 0 aliphatic carbocycles. The molecule has 176 valence electrons. The zero-order chi connectivity index (χ0) is 24.8. The number of benzene rings is 2. The number of amides is 1. The van der Waals surface area contributed by atoms with Gasteiger partial charge in [-0.2, -0.15) is 13.2 Å². The molecule has 0 bridgehead atoms. The molecule has 9 heteroatoms. The SMILES string of the molecule is Cc1cc2c(cn1)C=C(c1cc(NC(=O)c3cc(Br)cc(C(F)(F)F)c3)ccc1C)C(O)N2C. The van der Waals surface area contributed by atoms with Gasteiger partial charge in [-0.05, 0) is 67.4 Å². The summed E-state index contributed by atoms with van der Waals surface area (Å²) >= 11 is 3.04. The number of hydrogen-bond donors (Lipinski definition) is 2. The first-order chi connectivity index (χ1) is 15.9. The Kier molecular flexibility index (Phi) is 6.26. The fraction of sp³-hybridized carbons (Fsp3) is 0.200. The van der Waals surface area contributed by atoms with Crippen LogP contribution in [0.1, 0.15) is 38.3 Å². The van der Waals surface area contributed by atoms with Gasteiger partial charge in [-0.25, -0.2) is 0 Å². The topological polar surface area (TPSA) is 65.5 Å². The van der Waals surface area contributed by atoms with Gasteiger partial charge in [0.05, 0.1) is 5.56 Å². The number of hydrogen-bond acceptors (Lipinski definition) is 4. The monoisotopic (exact) mass is 531 g/mol. The van der Waals surface area contributed by atoms with Gasteiger partial charge in [0.25, 0.3) is 5.91 Å². The minimum Gasteiger partial charge on any atom is -0.369 e. The van der Waals surface area contributed by atoms with Crippen LogP contribution in [0.3, 0.4) is 0 Å². The van der Waals surface area contributed by atoms with Crippen molar-refractivity contribution in [3.05, 3.63) is 86.6 Å². The summed E-state index contributed by atoms with van der Waals surface area (Å²) < 4.78 is 39.6. The fourth-order valence-electron chi connectivity index (χ4n) is 3.87. The van der Waals surface area contributed by atoms with Crippen LogP contribution in [-0.2, 0) is 6.18 Å². The van der Waals surface area contributed by atoms with E-state index in [0.29, 0.717) is 16.8 Å². The summed E-state index contributed by atoms with van der Waals surface area (Å²) in [7, 11) is 1.78. The molecule has 0 radical (unpaired) electrons. The predicted molar refractivity (Wildman–Crippen MR) is 130 cm³/mol. The Morgan fingerprint density at radius 1 is 1.15 bits per heavy atom. The van der Waals surface area contributed by atoms with Crippen LogP contribution in [0.2, 0.25) is 0 Å². The molecule has 1 aliphatic rings. The van der Waals surface area contributed by atoms with Crippen molar-refractivity contribution < 1.29 is 23.1 Å². The Labute approximate surface area is 203 Å². The number of alkyl halides is 3. The third kappa shape index (κ3) is 4.71. The van der Waals surface area contributed by atoms with Gasteiger partial charge in [-0.1, -0.05) is 22.0 Å². The predicted octanol–water partition coefficient (Wildman–Crippen LogP) is 6.04. The van der Waals surface area contributed by atoms with Gasteiger partial charge in [-0.15, -0.1) is 0 Å². The van der Waals surface area contributed by atoms with Crippen molar-refractivity contribution >= 4 is 44.9 Å². The first kappa shape index (κ1) is 24.0. The highest BCUT2D eigenvalue weighted by Gasteiger charge is 2.32. The van der Waals surface area contributed by atoms with Gasteiger partial charge in [0.1, 0.15) is 0 Å². The Hall–Kier alpha value is -3.17. The maximum atomic E-state index is 13.1. The Morgan fingerprint density at radius 3 is 2.59 bits per heavy atom. The summed E-state index contributed by atoms with van der Waals surface area (Å²) in [6.07, 6.45) is -1.92. The van der Waals surface area contributed by atoms with Crippen LogP contribution in [0.25, 0.3) is 11.6 Å². The molecule has 0 saturated carbocycles. The zero-order valence-corrected chi connectivity index (χ0v) is 20.1. The van der Waals surface area contributed by atoms with E-state index in [-0.39, 0.29) is 10.0 Å². The number of aliphatic hydroxyl groups is 1. The molecule has 1 amide bonds. The molecule has 1 aliphatic heterocycles. The first-order valence-electron chi connectivity index (χ1n) is 10.3. The molecule has 5 nitrogen and oxygen atoms in total. The maximum Gasteiger partial charge on any atom is 0.416 e. The van der Waals surface area contributed by atoms with Crippen LogP contribution >= 0.6 is 15.9 Å². The Bertz CT molecular complexity index is 1320. The number of anilines is 2. The lowest BCUT2D eigenvalue weighted by Crippen LogP contribution is -2.35. The molecule has 3 aromatic rings. The smallest absolute Gasteiger partial charge is 0.369 e. The zero-order valence-electron chi connectivity index (χ0n) is 18.5.